The Balaban J connectivity index is 1.34. The zero-order chi connectivity index (χ0) is 22.2. The number of hydrogen-bond donors (Lipinski definition) is 1. The summed E-state index contributed by atoms with van der Waals surface area (Å²) in [5.41, 5.74) is 1.44. The number of nitrogens with zero attached hydrogens (tertiary/aromatic N) is 5. The normalized spacial score (nSPS) is 21.8. The molecule has 2 aliphatic heterocycles. The molecule has 170 valence electrons. The van der Waals surface area contributed by atoms with Gasteiger partial charge >= 0.3 is 0 Å². The lowest BCUT2D eigenvalue weighted by molar-refractivity contribution is -0.117. The molecule has 1 saturated heterocycles. The Bertz CT molecular complexity index is 1010. The van der Waals surface area contributed by atoms with Crippen molar-refractivity contribution in [3.63, 3.8) is 0 Å². The van der Waals surface area contributed by atoms with Gasteiger partial charge in [-0.25, -0.2) is 0 Å². The highest BCUT2D eigenvalue weighted by Crippen LogP contribution is 2.41. The van der Waals surface area contributed by atoms with E-state index in [-0.39, 0.29) is 30.0 Å². The number of aromatic nitrogens is 3. The maximum atomic E-state index is 13.3. The smallest absolute Gasteiger partial charge is 0.237 e. The Hall–Kier alpha value is -2.55. The first-order chi connectivity index (χ1) is 15.5. The number of carbonyl (C=O) groups excluding carboxylic acids is 2. The topological polar surface area (TPSA) is 83.4 Å². The van der Waals surface area contributed by atoms with E-state index in [1.807, 2.05) is 31.2 Å². The maximum absolute atomic E-state index is 13.3. The number of anilines is 3. The number of thioether (sulfide) groups is 1. The first kappa shape index (κ1) is 21.3. The number of piperidine rings is 1. The molecule has 5 rings (SSSR count). The van der Waals surface area contributed by atoms with E-state index in [2.05, 4.69) is 31.9 Å². The van der Waals surface area contributed by atoms with Crippen molar-refractivity contribution in [2.24, 2.45) is 5.92 Å². The van der Waals surface area contributed by atoms with E-state index >= 15 is 0 Å². The van der Waals surface area contributed by atoms with Crippen molar-refractivity contribution in [3.8, 4) is 0 Å². The summed E-state index contributed by atoms with van der Waals surface area (Å²) in [6.45, 7) is 6.25. The van der Waals surface area contributed by atoms with Gasteiger partial charge in [-0.15, -0.1) is 10.2 Å². The second-order valence-electron chi connectivity index (χ2n) is 9.22. The first-order valence-electron chi connectivity index (χ1n) is 11.5. The number of amides is 2. The average Bonchev–Trinajstić information content (AvgIpc) is 3.54. The van der Waals surface area contributed by atoms with Gasteiger partial charge in [0.05, 0.1) is 17.1 Å². The molecule has 1 aromatic heterocycles. The Labute approximate surface area is 192 Å². The molecule has 1 aromatic carbocycles. The number of para-hydroxylation sites is 2. The SMILES string of the molecule is CC1CCN(c2nnc(SCC(=O)N3c4ccccc4NC(=O)C[C@@H]3C)n2C2CC2)CC1. The number of hydrogen-bond acceptors (Lipinski definition) is 6. The highest BCUT2D eigenvalue weighted by atomic mass is 32.2. The highest BCUT2D eigenvalue weighted by molar-refractivity contribution is 7.99. The zero-order valence-electron chi connectivity index (χ0n) is 18.7. The van der Waals surface area contributed by atoms with Crippen LogP contribution in [-0.2, 0) is 9.59 Å². The van der Waals surface area contributed by atoms with Gasteiger partial charge in [0.25, 0.3) is 0 Å². The first-order valence-corrected chi connectivity index (χ1v) is 12.5. The average molecular weight is 455 g/mol. The number of rotatable bonds is 5. The lowest BCUT2D eigenvalue weighted by Crippen LogP contribution is -2.40. The fraction of sp³-hybridized carbons (Fsp3) is 0.565. The van der Waals surface area contributed by atoms with E-state index in [0.29, 0.717) is 11.7 Å². The maximum Gasteiger partial charge on any atom is 0.237 e. The van der Waals surface area contributed by atoms with Crippen LogP contribution in [0.15, 0.2) is 29.4 Å². The Kier molecular flexibility index (Phi) is 5.84. The zero-order valence-corrected chi connectivity index (χ0v) is 19.5. The number of benzene rings is 1. The molecule has 3 heterocycles. The summed E-state index contributed by atoms with van der Waals surface area (Å²) in [5.74, 6) is 1.88. The third kappa shape index (κ3) is 4.22. The van der Waals surface area contributed by atoms with Crippen LogP contribution < -0.4 is 15.1 Å². The van der Waals surface area contributed by atoms with E-state index < -0.39 is 0 Å². The Morgan fingerprint density at radius 2 is 1.88 bits per heavy atom. The van der Waals surface area contributed by atoms with Crippen LogP contribution in [0.3, 0.4) is 0 Å². The molecule has 0 bridgehead atoms. The van der Waals surface area contributed by atoms with Gasteiger partial charge in [-0.05, 0) is 50.7 Å². The van der Waals surface area contributed by atoms with E-state index in [1.54, 1.807) is 4.90 Å². The standard InChI is InChI=1S/C23H30N6O2S/c1-15-9-11-27(12-10-15)22-25-26-23(29(22)17-7-8-17)32-14-21(31)28-16(2)13-20(30)24-18-5-3-4-6-19(18)28/h3-6,15-17H,7-14H2,1-2H3,(H,24,30)/t16-/m0/s1. The summed E-state index contributed by atoms with van der Waals surface area (Å²) >= 11 is 1.45. The van der Waals surface area contributed by atoms with Crippen LogP contribution in [0.1, 0.15) is 52.0 Å². The number of fused-ring (bicyclic) bond motifs is 1. The van der Waals surface area contributed by atoms with Gasteiger partial charge in [0, 0.05) is 31.6 Å². The Morgan fingerprint density at radius 1 is 1.12 bits per heavy atom. The molecule has 2 aromatic rings. The van der Waals surface area contributed by atoms with E-state index in [0.717, 1.165) is 48.6 Å². The van der Waals surface area contributed by atoms with Crippen molar-refractivity contribution in [2.75, 3.05) is 34.0 Å². The molecular weight excluding hydrogens is 424 g/mol. The lowest BCUT2D eigenvalue weighted by Gasteiger charge is -2.31. The van der Waals surface area contributed by atoms with Crippen LogP contribution >= 0.6 is 11.8 Å². The highest BCUT2D eigenvalue weighted by Gasteiger charge is 2.34. The van der Waals surface area contributed by atoms with Crippen molar-refractivity contribution >= 4 is 40.9 Å². The van der Waals surface area contributed by atoms with E-state index in [1.165, 1.54) is 24.6 Å². The summed E-state index contributed by atoms with van der Waals surface area (Å²) in [6.07, 6.45) is 4.91. The number of nitrogens with one attached hydrogen (secondary N) is 1. The third-order valence-corrected chi connectivity index (χ3v) is 7.51. The molecule has 0 radical (unpaired) electrons. The van der Waals surface area contributed by atoms with Crippen LogP contribution in [0, 0.1) is 5.92 Å². The second kappa shape index (κ2) is 8.77. The second-order valence-corrected chi connectivity index (χ2v) is 10.2. The minimum Gasteiger partial charge on any atom is -0.341 e. The molecule has 2 fully saturated rings. The van der Waals surface area contributed by atoms with Gasteiger partial charge in [0.1, 0.15) is 0 Å². The molecular formula is C23H30N6O2S. The molecule has 1 saturated carbocycles. The number of carbonyl (C=O) groups is 2. The summed E-state index contributed by atoms with van der Waals surface area (Å²) < 4.78 is 2.25. The minimum atomic E-state index is -0.209. The predicted molar refractivity (Wildman–Crippen MR) is 126 cm³/mol. The van der Waals surface area contributed by atoms with E-state index in [9.17, 15) is 9.59 Å². The summed E-state index contributed by atoms with van der Waals surface area (Å²) in [6, 6.07) is 7.73. The van der Waals surface area contributed by atoms with Crippen molar-refractivity contribution < 1.29 is 9.59 Å². The largest absolute Gasteiger partial charge is 0.341 e. The van der Waals surface area contributed by atoms with Gasteiger partial charge in [0.2, 0.25) is 17.8 Å². The third-order valence-electron chi connectivity index (χ3n) is 6.58. The molecule has 1 atom stereocenters. The lowest BCUT2D eigenvalue weighted by atomic mass is 10.00. The van der Waals surface area contributed by atoms with Gasteiger partial charge in [-0.2, -0.15) is 0 Å². The van der Waals surface area contributed by atoms with Gasteiger partial charge in [0.15, 0.2) is 5.16 Å². The molecule has 1 aliphatic carbocycles. The van der Waals surface area contributed by atoms with Crippen molar-refractivity contribution in [1.82, 2.24) is 14.8 Å². The molecule has 2 amide bonds. The molecule has 0 spiro atoms. The van der Waals surface area contributed by atoms with Crippen LogP contribution in [-0.4, -0.2) is 51.5 Å². The molecule has 8 nitrogen and oxygen atoms in total. The monoisotopic (exact) mass is 454 g/mol. The van der Waals surface area contributed by atoms with Gasteiger partial charge in [-0.1, -0.05) is 30.8 Å². The molecule has 0 unspecified atom stereocenters. The predicted octanol–water partition coefficient (Wildman–Crippen LogP) is 3.71. The van der Waals surface area contributed by atoms with E-state index in [4.69, 9.17) is 0 Å². The van der Waals surface area contributed by atoms with Crippen LogP contribution in [0.4, 0.5) is 17.3 Å². The van der Waals surface area contributed by atoms with Crippen LogP contribution in [0.5, 0.6) is 0 Å². The van der Waals surface area contributed by atoms with Crippen LogP contribution in [0.2, 0.25) is 0 Å². The molecule has 9 heteroatoms. The van der Waals surface area contributed by atoms with Crippen molar-refractivity contribution in [2.45, 2.75) is 63.2 Å². The summed E-state index contributed by atoms with van der Waals surface area (Å²) in [4.78, 5) is 29.7. The summed E-state index contributed by atoms with van der Waals surface area (Å²) in [5, 5.41) is 12.7. The molecule has 1 N–H and O–H groups in total. The minimum absolute atomic E-state index is 0.0230. The van der Waals surface area contributed by atoms with Crippen molar-refractivity contribution in [1.29, 1.82) is 0 Å². The fourth-order valence-electron chi connectivity index (χ4n) is 4.61. The molecule has 3 aliphatic rings. The quantitative estimate of drug-likeness (QED) is 0.694. The Morgan fingerprint density at radius 3 is 2.62 bits per heavy atom. The fourth-order valence-corrected chi connectivity index (χ4v) is 5.47. The van der Waals surface area contributed by atoms with Crippen molar-refractivity contribution in [3.05, 3.63) is 24.3 Å². The van der Waals surface area contributed by atoms with Crippen LogP contribution in [0.25, 0.3) is 0 Å². The van der Waals surface area contributed by atoms with Gasteiger partial charge < -0.3 is 15.1 Å². The summed E-state index contributed by atoms with van der Waals surface area (Å²) in [7, 11) is 0. The molecule has 32 heavy (non-hydrogen) atoms. The van der Waals surface area contributed by atoms with Gasteiger partial charge in [-0.3, -0.25) is 14.2 Å².